The summed E-state index contributed by atoms with van der Waals surface area (Å²) in [7, 11) is 0. The van der Waals surface area contributed by atoms with E-state index in [4.69, 9.17) is 5.11 Å². The molecule has 2 amide bonds. The van der Waals surface area contributed by atoms with E-state index in [1.165, 1.54) is 4.90 Å². The number of nitrogens with zero attached hydrogens (tertiary/aromatic N) is 2. The fourth-order valence-corrected chi connectivity index (χ4v) is 2.61. The summed E-state index contributed by atoms with van der Waals surface area (Å²) >= 11 is 0. The van der Waals surface area contributed by atoms with E-state index in [0.29, 0.717) is 38.9 Å². The Hall–Kier alpha value is -1.30. The van der Waals surface area contributed by atoms with Gasteiger partial charge in [-0.1, -0.05) is 0 Å². The van der Waals surface area contributed by atoms with E-state index in [2.05, 4.69) is 0 Å². The van der Waals surface area contributed by atoms with Gasteiger partial charge in [0, 0.05) is 25.7 Å². The average Bonchev–Trinajstić information content (AvgIpc) is 2.33. The number of hydrogen-bond donors (Lipinski definition) is 2. The van der Waals surface area contributed by atoms with Crippen LogP contribution in [0, 0.1) is 0 Å². The van der Waals surface area contributed by atoms with E-state index in [9.17, 15) is 14.7 Å². The molecule has 1 atom stereocenters. The highest BCUT2D eigenvalue weighted by Crippen LogP contribution is 2.22. The molecule has 6 nitrogen and oxygen atoms in total. The van der Waals surface area contributed by atoms with Gasteiger partial charge in [-0.05, 0) is 25.7 Å². The van der Waals surface area contributed by atoms with Gasteiger partial charge in [-0.2, -0.15) is 0 Å². The fraction of sp³-hybridized carbons (Fsp3) is 0.818. The quantitative estimate of drug-likeness (QED) is 0.684. The summed E-state index contributed by atoms with van der Waals surface area (Å²) in [4.78, 5) is 25.7. The van der Waals surface area contributed by atoms with Gasteiger partial charge in [0.25, 0.3) is 5.91 Å². The van der Waals surface area contributed by atoms with E-state index in [1.807, 2.05) is 0 Å². The van der Waals surface area contributed by atoms with Crippen molar-refractivity contribution in [2.75, 3.05) is 19.6 Å². The molecule has 6 heteroatoms. The molecule has 96 valence electrons. The van der Waals surface area contributed by atoms with Crippen molar-refractivity contribution in [1.82, 2.24) is 9.80 Å². The lowest BCUT2D eigenvalue weighted by molar-refractivity contribution is -0.147. The summed E-state index contributed by atoms with van der Waals surface area (Å²) < 4.78 is 0. The average molecular weight is 242 g/mol. The predicted octanol–water partition coefficient (Wildman–Crippen LogP) is 0.112. The SMILES string of the molecule is O=C(O)N1CCC(N2CCCC(O)C2=O)CC1. The summed E-state index contributed by atoms with van der Waals surface area (Å²) in [6, 6.07) is 0.0908. The zero-order chi connectivity index (χ0) is 12.4. The molecule has 2 rings (SSSR count). The predicted molar refractivity (Wildman–Crippen MR) is 59.6 cm³/mol. The first kappa shape index (κ1) is 12.2. The highest BCUT2D eigenvalue weighted by atomic mass is 16.4. The molecule has 0 aromatic rings. The number of amides is 2. The highest BCUT2D eigenvalue weighted by molar-refractivity contribution is 5.81. The van der Waals surface area contributed by atoms with E-state index < -0.39 is 12.2 Å². The first-order valence-corrected chi connectivity index (χ1v) is 6.06. The molecule has 2 aliphatic heterocycles. The molecule has 2 saturated heterocycles. The Morgan fingerprint density at radius 2 is 1.82 bits per heavy atom. The van der Waals surface area contributed by atoms with Crippen molar-refractivity contribution in [2.24, 2.45) is 0 Å². The normalized spacial score (nSPS) is 27.4. The van der Waals surface area contributed by atoms with Gasteiger partial charge >= 0.3 is 6.09 Å². The van der Waals surface area contributed by atoms with Gasteiger partial charge in [-0.3, -0.25) is 4.79 Å². The van der Waals surface area contributed by atoms with Gasteiger partial charge < -0.3 is 20.0 Å². The lowest BCUT2D eigenvalue weighted by Crippen LogP contribution is -2.53. The summed E-state index contributed by atoms with van der Waals surface area (Å²) in [6.07, 6.45) is 0.958. The smallest absolute Gasteiger partial charge is 0.407 e. The van der Waals surface area contributed by atoms with Crippen LogP contribution >= 0.6 is 0 Å². The van der Waals surface area contributed by atoms with Crippen molar-refractivity contribution >= 4 is 12.0 Å². The molecular weight excluding hydrogens is 224 g/mol. The van der Waals surface area contributed by atoms with Gasteiger partial charge in [0.2, 0.25) is 0 Å². The van der Waals surface area contributed by atoms with E-state index in [-0.39, 0.29) is 11.9 Å². The van der Waals surface area contributed by atoms with Crippen LogP contribution in [0.5, 0.6) is 0 Å². The van der Waals surface area contributed by atoms with Crippen molar-refractivity contribution in [3.63, 3.8) is 0 Å². The number of piperidine rings is 2. The first-order chi connectivity index (χ1) is 8.09. The molecule has 2 N–H and O–H groups in total. The molecule has 0 bridgehead atoms. The Kier molecular flexibility index (Phi) is 3.51. The van der Waals surface area contributed by atoms with Crippen molar-refractivity contribution in [3.8, 4) is 0 Å². The van der Waals surface area contributed by atoms with Crippen LogP contribution < -0.4 is 0 Å². The first-order valence-electron chi connectivity index (χ1n) is 6.06. The highest BCUT2D eigenvalue weighted by Gasteiger charge is 2.34. The van der Waals surface area contributed by atoms with E-state index >= 15 is 0 Å². The van der Waals surface area contributed by atoms with Gasteiger partial charge in [0.05, 0.1) is 0 Å². The van der Waals surface area contributed by atoms with Gasteiger partial charge in [-0.15, -0.1) is 0 Å². The Labute approximate surface area is 99.8 Å². The van der Waals surface area contributed by atoms with Gasteiger partial charge in [0.1, 0.15) is 6.10 Å². The Morgan fingerprint density at radius 1 is 1.18 bits per heavy atom. The second-order valence-electron chi connectivity index (χ2n) is 4.69. The Morgan fingerprint density at radius 3 is 2.41 bits per heavy atom. The Balaban J connectivity index is 1.92. The lowest BCUT2D eigenvalue weighted by atomic mass is 9.98. The summed E-state index contributed by atoms with van der Waals surface area (Å²) in [6.45, 7) is 1.63. The molecular formula is C11H18N2O4. The number of aliphatic hydroxyl groups excluding tert-OH is 1. The molecule has 2 heterocycles. The van der Waals surface area contributed by atoms with Crippen molar-refractivity contribution in [2.45, 2.75) is 37.8 Å². The van der Waals surface area contributed by atoms with Crippen LogP contribution in [0.3, 0.4) is 0 Å². The zero-order valence-corrected chi connectivity index (χ0v) is 9.71. The van der Waals surface area contributed by atoms with Crippen LogP contribution in [-0.4, -0.2) is 63.8 Å². The largest absolute Gasteiger partial charge is 0.465 e. The molecule has 0 radical (unpaired) electrons. The number of carbonyl (C=O) groups excluding carboxylic acids is 1. The van der Waals surface area contributed by atoms with Crippen LogP contribution in [0.1, 0.15) is 25.7 Å². The second kappa shape index (κ2) is 4.91. The molecule has 0 aromatic carbocycles. The molecule has 0 spiro atoms. The van der Waals surface area contributed by atoms with Crippen LogP contribution in [-0.2, 0) is 4.79 Å². The molecule has 1 unspecified atom stereocenters. The van der Waals surface area contributed by atoms with E-state index in [1.54, 1.807) is 4.90 Å². The lowest BCUT2D eigenvalue weighted by Gasteiger charge is -2.40. The number of rotatable bonds is 1. The number of hydrogen-bond acceptors (Lipinski definition) is 3. The second-order valence-corrected chi connectivity index (χ2v) is 4.69. The monoisotopic (exact) mass is 242 g/mol. The number of carbonyl (C=O) groups is 2. The van der Waals surface area contributed by atoms with Crippen LogP contribution in [0.25, 0.3) is 0 Å². The minimum atomic E-state index is -0.895. The number of likely N-dealkylation sites (tertiary alicyclic amines) is 2. The van der Waals surface area contributed by atoms with Crippen LogP contribution in [0.2, 0.25) is 0 Å². The van der Waals surface area contributed by atoms with Crippen molar-refractivity contribution in [3.05, 3.63) is 0 Å². The van der Waals surface area contributed by atoms with Gasteiger partial charge in [-0.25, -0.2) is 4.79 Å². The summed E-state index contributed by atoms with van der Waals surface area (Å²) in [5, 5.41) is 18.4. The third-order valence-electron chi connectivity index (χ3n) is 3.62. The van der Waals surface area contributed by atoms with Crippen molar-refractivity contribution < 1.29 is 19.8 Å². The summed E-state index contributed by atoms with van der Waals surface area (Å²) in [5.41, 5.74) is 0. The zero-order valence-electron chi connectivity index (χ0n) is 9.71. The number of carboxylic acid groups (broad SMARTS) is 1. The molecule has 0 saturated carbocycles. The summed E-state index contributed by atoms with van der Waals surface area (Å²) in [5.74, 6) is -0.190. The topological polar surface area (TPSA) is 81.1 Å². The maximum atomic E-state index is 11.8. The molecule has 0 aliphatic carbocycles. The van der Waals surface area contributed by atoms with E-state index in [0.717, 1.165) is 6.42 Å². The molecule has 0 aromatic heterocycles. The minimum absolute atomic E-state index is 0.0908. The maximum Gasteiger partial charge on any atom is 0.407 e. The maximum absolute atomic E-state index is 11.8. The molecule has 2 aliphatic rings. The fourth-order valence-electron chi connectivity index (χ4n) is 2.61. The van der Waals surface area contributed by atoms with Gasteiger partial charge in [0.15, 0.2) is 0 Å². The van der Waals surface area contributed by atoms with Crippen LogP contribution in [0.4, 0.5) is 4.79 Å². The molecule has 2 fully saturated rings. The Bertz CT molecular complexity index is 313. The third-order valence-corrected chi connectivity index (χ3v) is 3.62. The third kappa shape index (κ3) is 2.52. The minimum Gasteiger partial charge on any atom is -0.465 e. The number of aliphatic hydroxyl groups is 1. The molecule has 17 heavy (non-hydrogen) atoms. The van der Waals surface area contributed by atoms with Crippen molar-refractivity contribution in [1.29, 1.82) is 0 Å². The standard InChI is InChI=1S/C11H18N2O4/c14-9-2-1-5-13(10(9)15)8-3-6-12(7-4-8)11(16)17/h8-9,14H,1-7H2,(H,16,17). The van der Waals surface area contributed by atoms with Crippen LogP contribution in [0.15, 0.2) is 0 Å².